The van der Waals surface area contributed by atoms with Gasteiger partial charge in [-0.25, -0.2) is 4.79 Å². The van der Waals surface area contributed by atoms with Crippen LogP contribution < -0.4 is 0 Å². The summed E-state index contributed by atoms with van der Waals surface area (Å²) in [6.07, 6.45) is 7.77. The van der Waals surface area contributed by atoms with E-state index in [9.17, 15) is 9.59 Å². The summed E-state index contributed by atoms with van der Waals surface area (Å²) in [6.45, 7) is 7.70. The van der Waals surface area contributed by atoms with Gasteiger partial charge in [-0.3, -0.25) is 4.79 Å². The minimum absolute atomic E-state index is 0.243. The summed E-state index contributed by atoms with van der Waals surface area (Å²) in [7, 11) is 1.39. The van der Waals surface area contributed by atoms with Gasteiger partial charge in [-0.2, -0.15) is 0 Å². The third-order valence-corrected chi connectivity index (χ3v) is 10.2. The Labute approximate surface area is 197 Å². The molecular formula is C29H36O4. The molecular weight excluding hydrogens is 412 g/mol. The Hall–Kier alpha value is -2.10. The molecule has 0 aromatic heterocycles. The Balaban J connectivity index is 1.42. The van der Waals surface area contributed by atoms with E-state index in [0.29, 0.717) is 41.1 Å². The van der Waals surface area contributed by atoms with Crippen LogP contribution in [0.25, 0.3) is 0 Å². The van der Waals surface area contributed by atoms with Crippen LogP contribution in [0, 0.1) is 40.9 Å². The highest BCUT2D eigenvalue weighted by molar-refractivity contribution is 5.90. The summed E-state index contributed by atoms with van der Waals surface area (Å²) in [5, 5.41) is 0. The summed E-state index contributed by atoms with van der Waals surface area (Å²) in [5.41, 5.74) is 1.75. The Bertz CT molecular complexity index is 1020. The molecule has 6 aliphatic rings. The second-order valence-electron chi connectivity index (χ2n) is 12.1. The van der Waals surface area contributed by atoms with Gasteiger partial charge < -0.3 is 9.47 Å². The average molecular weight is 449 g/mol. The molecule has 0 heterocycles. The fourth-order valence-electron chi connectivity index (χ4n) is 9.31. The van der Waals surface area contributed by atoms with Crippen molar-refractivity contribution < 1.29 is 19.1 Å². The minimum Gasteiger partial charge on any atom is -0.469 e. The van der Waals surface area contributed by atoms with Crippen LogP contribution in [-0.4, -0.2) is 19.0 Å². The molecule has 4 fully saturated rings. The van der Waals surface area contributed by atoms with Gasteiger partial charge in [0, 0.05) is 17.4 Å². The highest BCUT2D eigenvalue weighted by Crippen LogP contribution is 2.76. The van der Waals surface area contributed by atoms with E-state index in [0.717, 1.165) is 12.3 Å². The van der Waals surface area contributed by atoms with E-state index in [2.05, 4.69) is 30.8 Å². The van der Waals surface area contributed by atoms with Crippen LogP contribution in [0.5, 0.6) is 0 Å². The zero-order valence-corrected chi connectivity index (χ0v) is 20.1. The molecule has 0 aliphatic heterocycles. The van der Waals surface area contributed by atoms with Crippen LogP contribution in [0.15, 0.2) is 36.4 Å². The zero-order valence-electron chi connectivity index (χ0n) is 20.1. The maximum atomic E-state index is 13.7. The number of fused-ring (bicyclic) bond motifs is 2. The lowest BCUT2D eigenvalue weighted by Gasteiger charge is -2.63. The molecule has 0 amide bonds. The van der Waals surface area contributed by atoms with E-state index in [-0.39, 0.29) is 18.4 Å². The Morgan fingerprint density at radius 2 is 1.88 bits per heavy atom. The van der Waals surface area contributed by atoms with Crippen LogP contribution in [-0.2, 0) is 24.7 Å². The number of ether oxygens (including phenoxy) is 2. The van der Waals surface area contributed by atoms with Crippen LogP contribution in [0.3, 0.4) is 0 Å². The average Bonchev–Trinajstić information content (AvgIpc) is 3.55. The first-order valence-corrected chi connectivity index (χ1v) is 12.9. The smallest absolute Gasteiger partial charge is 0.334 e. The number of carbonyl (C=O) groups excluding carboxylic acids is 2. The van der Waals surface area contributed by atoms with E-state index in [1.807, 2.05) is 0 Å². The number of benzene rings is 1. The van der Waals surface area contributed by atoms with Gasteiger partial charge >= 0.3 is 11.9 Å². The van der Waals surface area contributed by atoms with Gasteiger partial charge in [-0.1, -0.05) is 37.3 Å². The predicted octanol–water partition coefficient (Wildman–Crippen LogP) is 5.76. The standard InChI is InChI=1S/C29H36O4/c1-16(15-28(2,3)27(31)32-4)26(30)33-29-21-10-6-5-8-19(21)24(20-9-7-11-22(20)29)23-17-12-13-18(14-17)25(23)29/h5-6,8,10,17-18,20,22-25H,1,7,9,11-15H2,2-4H3/t17-,18+,20?,22?,23-,24+,25-,29+/m0/s1. The largest absolute Gasteiger partial charge is 0.469 e. The van der Waals surface area contributed by atoms with Gasteiger partial charge in [0.15, 0.2) is 0 Å². The number of hydrogen-bond donors (Lipinski definition) is 0. The third kappa shape index (κ3) is 2.76. The Morgan fingerprint density at radius 3 is 2.67 bits per heavy atom. The lowest BCUT2D eigenvalue weighted by atomic mass is 9.44. The van der Waals surface area contributed by atoms with Gasteiger partial charge in [0.25, 0.3) is 0 Å². The van der Waals surface area contributed by atoms with Gasteiger partial charge in [-0.15, -0.1) is 0 Å². The van der Waals surface area contributed by atoms with Crippen molar-refractivity contribution in [1.82, 2.24) is 0 Å². The molecule has 4 heteroatoms. The molecule has 7 rings (SSSR count). The molecule has 4 saturated carbocycles. The fourth-order valence-corrected chi connectivity index (χ4v) is 9.31. The number of hydrogen-bond acceptors (Lipinski definition) is 4. The van der Waals surface area contributed by atoms with Crippen molar-refractivity contribution in [2.45, 2.75) is 70.3 Å². The van der Waals surface area contributed by atoms with E-state index in [1.54, 1.807) is 13.8 Å². The lowest BCUT2D eigenvalue weighted by molar-refractivity contribution is -0.212. The van der Waals surface area contributed by atoms with Gasteiger partial charge in [0.1, 0.15) is 5.60 Å². The van der Waals surface area contributed by atoms with Crippen LogP contribution in [0.1, 0.15) is 75.8 Å². The maximum absolute atomic E-state index is 13.7. The Kier molecular flexibility index (Phi) is 4.68. The fraction of sp³-hybridized carbons (Fsp3) is 0.655. The second kappa shape index (κ2) is 7.20. The molecule has 2 unspecified atom stereocenters. The summed E-state index contributed by atoms with van der Waals surface area (Å²) >= 11 is 0. The van der Waals surface area contributed by atoms with Gasteiger partial charge in [0.05, 0.1) is 12.5 Å². The van der Waals surface area contributed by atoms with E-state index in [1.165, 1.54) is 50.3 Å². The highest BCUT2D eigenvalue weighted by Gasteiger charge is 2.72. The summed E-state index contributed by atoms with van der Waals surface area (Å²) < 4.78 is 11.8. The molecule has 4 bridgehead atoms. The SMILES string of the molecule is C=C(CC(C)(C)C(=O)OC)C(=O)O[C@]12c3ccccc3[C@H](C3CCCC31)[C@@H]1[C@H]3CC[C@H](C3)[C@@H]12. The lowest BCUT2D eigenvalue weighted by Crippen LogP contribution is -2.62. The Morgan fingerprint density at radius 1 is 1.12 bits per heavy atom. The van der Waals surface area contributed by atoms with Crippen molar-refractivity contribution in [2.75, 3.05) is 7.11 Å². The molecule has 0 radical (unpaired) electrons. The highest BCUT2D eigenvalue weighted by atomic mass is 16.6. The number of esters is 2. The molecule has 1 aromatic carbocycles. The van der Waals surface area contributed by atoms with Crippen LogP contribution >= 0.6 is 0 Å². The minimum atomic E-state index is -0.810. The molecule has 176 valence electrons. The molecule has 6 aliphatic carbocycles. The molecule has 0 N–H and O–H groups in total. The molecule has 0 spiro atoms. The maximum Gasteiger partial charge on any atom is 0.334 e. The van der Waals surface area contributed by atoms with E-state index < -0.39 is 11.0 Å². The topological polar surface area (TPSA) is 52.6 Å². The number of carbonyl (C=O) groups is 2. The normalized spacial score (nSPS) is 39.5. The molecule has 1 aromatic rings. The molecule has 0 saturated heterocycles. The molecule has 8 atom stereocenters. The van der Waals surface area contributed by atoms with E-state index >= 15 is 0 Å². The summed E-state index contributed by atoms with van der Waals surface area (Å²) in [6, 6.07) is 8.84. The number of methoxy groups -OCH3 is 1. The first kappa shape index (κ1) is 21.4. The second-order valence-corrected chi connectivity index (χ2v) is 12.1. The van der Waals surface area contributed by atoms with Gasteiger partial charge in [0.2, 0.25) is 0 Å². The van der Waals surface area contributed by atoms with E-state index in [4.69, 9.17) is 9.47 Å². The zero-order chi connectivity index (χ0) is 23.1. The molecule has 33 heavy (non-hydrogen) atoms. The summed E-state index contributed by atoms with van der Waals surface area (Å²) in [5.74, 6) is 3.51. The first-order chi connectivity index (χ1) is 15.8. The van der Waals surface area contributed by atoms with Crippen molar-refractivity contribution in [3.05, 3.63) is 47.5 Å². The third-order valence-electron chi connectivity index (χ3n) is 10.2. The predicted molar refractivity (Wildman–Crippen MR) is 125 cm³/mol. The molecule has 4 nitrogen and oxygen atoms in total. The van der Waals surface area contributed by atoms with Crippen molar-refractivity contribution in [2.24, 2.45) is 40.9 Å². The summed E-state index contributed by atoms with van der Waals surface area (Å²) in [4.78, 5) is 25.9. The van der Waals surface area contributed by atoms with Crippen LogP contribution in [0.4, 0.5) is 0 Å². The van der Waals surface area contributed by atoms with Crippen molar-refractivity contribution >= 4 is 11.9 Å². The first-order valence-electron chi connectivity index (χ1n) is 12.9. The quantitative estimate of drug-likeness (QED) is 0.424. The number of rotatable bonds is 5. The van der Waals surface area contributed by atoms with Crippen molar-refractivity contribution in [1.29, 1.82) is 0 Å². The van der Waals surface area contributed by atoms with Crippen molar-refractivity contribution in [3.8, 4) is 0 Å². The van der Waals surface area contributed by atoms with Crippen molar-refractivity contribution in [3.63, 3.8) is 0 Å². The van der Waals surface area contributed by atoms with Gasteiger partial charge in [-0.05, 0) is 93.1 Å². The monoisotopic (exact) mass is 448 g/mol. The van der Waals surface area contributed by atoms with Crippen LogP contribution in [0.2, 0.25) is 0 Å².